The zero-order chi connectivity index (χ0) is 14.0. The summed E-state index contributed by atoms with van der Waals surface area (Å²) >= 11 is 0. The van der Waals surface area contributed by atoms with Crippen LogP contribution >= 0.6 is 0 Å². The topological polar surface area (TPSA) is 79.5 Å². The molecule has 1 aromatic heterocycles. The van der Waals surface area contributed by atoms with E-state index in [1.165, 1.54) is 0 Å². The fourth-order valence-electron chi connectivity index (χ4n) is 2.24. The van der Waals surface area contributed by atoms with E-state index in [0.29, 0.717) is 37.3 Å². The van der Waals surface area contributed by atoms with Crippen molar-refractivity contribution >= 4 is 11.7 Å². The zero-order valence-electron chi connectivity index (χ0n) is 11.5. The van der Waals surface area contributed by atoms with Crippen molar-refractivity contribution in [2.24, 2.45) is 0 Å². The van der Waals surface area contributed by atoms with Crippen molar-refractivity contribution in [2.45, 2.75) is 38.7 Å². The van der Waals surface area contributed by atoms with Gasteiger partial charge in [0, 0.05) is 24.3 Å². The SMILES string of the molecule is CC(C)c1cc(C(=O)N2CCC(O)CC2)cc(N)n1. The third kappa shape index (κ3) is 3.23. The summed E-state index contributed by atoms with van der Waals surface area (Å²) in [5.74, 6) is 0.590. The van der Waals surface area contributed by atoms with Crippen molar-refractivity contribution in [1.82, 2.24) is 9.88 Å². The van der Waals surface area contributed by atoms with Gasteiger partial charge in [-0.2, -0.15) is 0 Å². The number of nitrogens with two attached hydrogens (primary N) is 1. The second-order valence-corrected chi connectivity index (χ2v) is 5.38. The number of piperidine rings is 1. The maximum atomic E-state index is 12.4. The lowest BCUT2D eigenvalue weighted by Gasteiger charge is -2.29. The van der Waals surface area contributed by atoms with Gasteiger partial charge in [0.25, 0.3) is 5.91 Å². The van der Waals surface area contributed by atoms with Crippen LogP contribution in [0.5, 0.6) is 0 Å². The van der Waals surface area contributed by atoms with E-state index in [1.807, 2.05) is 19.9 Å². The van der Waals surface area contributed by atoms with Gasteiger partial charge in [-0.1, -0.05) is 13.8 Å². The largest absolute Gasteiger partial charge is 0.393 e. The van der Waals surface area contributed by atoms with E-state index >= 15 is 0 Å². The second-order valence-electron chi connectivity index (χ2n) is 5.38. The maximum absolute atomic E-state index is 12.4. The van der Waals surface area contributed by atoms with Crippen molar-refractivity contribution < 1.29 is 9.90 Å². The van der Waals surface area contributed by atoms with Gasteiger partial charge in [-0.05, 0) is 30.9 Å². The van der Waals surface area contributed by atoms with Gasteiger partial charge in [0.1, 0.15) is 5.82 Å². The number of hydrogen-bond acceptors (Lipinski definition) is 4. The molecule has 5 nitrogen and oxygen atoms in total. The number of rotatable bonds is 2. The first kappa shape index (κ1) is 13.8. The molecule has 1 fully saturated rings. The number of carbonyl (C=O) groups is 1. The minimum absolute atomic E-state index is 0.0251. The van der Waals surface area contributed by atoms with Crippen LogP contribution in [0.15, 0.2) is 12.1 Å². The Hall–Kier alpha value is -1.62. The quantitative estimate of drug-likeness (QED) is 0.845. The minimum Gasteiger partial charge on any atom is -0.393 e. The Morgan fingerprint density at radius 3 is 2.63 bits per heavy atom. The van der Waals surface area contributed by atoms with Crippen LogP contribution in [0.2, 0.25) is 0 Å². The van der Waals surface area contributed by atoms with Crippen molar-refractivity contribution in [2.75, 3.05) is 18.8 Å². The molecule has 2 heterocycles. The standard InChI is InChI=1S/C14H21N3O2/c1-9(2)12-7-10(8-13(15)16-12)14(19)17-5-3-11(18)4-6-17/h7-9,11,18H,3-6H2,1-2H3,(H2,15,16). The molecule has 19 heavy (non-hydrogen) atoms. The van der Waals surface area contributed by atoms with E-state index in [4.69, 9.17) is 5.73 Å². The van der Waals surface area contributed by atoms with Crippen LogP contribution < -0.4 is 5.73 Å². The molecule has 0 radical (unpaired) electrons. The van der Waals surface area contributed by atoms with Crippen LogP contribution in [0.25, 0.3) is 0 Å². The van der Waals surface area contributed by atoms with Gasteiger partial charge in [-0.3, -0.25) is 4.79 Å². The number of aliphatic hydroxyl groups is 1. The summed E-state index contributed by atoms with van der Waals surface area (Å²) in [5, 5.41) is 9.47. The zero-order valence-corrected chi connectivity index (χ0v) is 11.5. The Morgan fingerprint density at radius 1 is 1.42 bits per heavy atom. The molecule has 1 aromatic rings. The number of nitrogen functional groups attached to an aromatic ring is 1. The third-order valence-electron chi connectivity index (χ3n) is 3.46. The van der Waals surface area contributed by atoms with E-state index in [-0.39, 0.29) is 17.9 Å². The number of aromatic nitrogens is 1. The summed E-state index contributed by atoms with van der Waals surface area (Å²) < 4.78 is 0. The number of amides is 1. The highest BCUT2D eigenvalue weighted by Crippen LogP contribution is 2.19. The van der Waals surface area contributed by atoms with Gasteiger partial charge in [-0.15, -0.1) is 0 Å². The predicted octanol–water partition coefficient (Wildman–Crippen LogP) is 1.38. The summed E-state index contributed by atoms with van der Waals surface area (Å²) in [7, 11) is 0. The van der Waals surface area contributed by atoms with Gasteiger partial charge in [0.2, 0.25) is 0 Å². The molecule has 5 heteroatoms. The molecule has 104 valence electrons. The summed E-state index contributed by atoms with van der Waals surface area (Å²) in [4.78, 5) is 18.4. The van der Waals surface area contributed by atoms with Gasteiger partial charge in [-0.25, -0.2) is 4.98 Å². The smallest absolute Gasteiger partial charge is 0.254 e. The highest BCUT2D eigenvalue weighted by molar-refractivity contribution is 5.95. The molecule has 0 aromatic carbocycles. The minimum atomic E-state index is -0.280. The third-order valence-corrected chi connectivity index (χ3v) is 3.46. The van der Waals surface area contributed by atoms with E-state index in [2.05, 4.69) is 4.98 Å². The second kappa shape index (κ2) is 5.57. The monoisotopic (exact) mass is 263 g/mol. The lowest BCUT2D eigenvalue weighted by Crippen LogP contribution is -2.40. The molecule has 1 aliphatic heterocycles. The lowest BCUT2D eigenvalue weighted by molar-refractivity contribution is 0.0546. The average molecular weight is 263 g/mol. The Kier molecular flexibility index (Phi) is 4.04. The van der Waals surface area contributed by atoms with Crippen LogP contribution in [-0.2, 0) is 0 Å². The number of carbonyl (C=O) groups excluding carboxylic acids is 1. The van der Waals surface area contributed by atoms with Crippen LogP contribution in [0.3, 0.4) is 0 Å². The van der Waals surface area contributed by atoms with Crippen LogP contribution in [0.1, 0.15) is 48.7 Å². The first-order valence-electron chi connectivity index (χ1n) is 6.72. The first-order chi connectivity index (χ1) is 8.97. The van der Waals surface area contributed by atoms with Gasteiger partial charge in [0.15, 0.2) is 0 Å². The van der Waals surface area contributed by atoms with Crippen molar-refractivity contribution in [3.63, 3.8) is 0 Å². The summed E-state index contributed by atoms with van der Waals surface area (Å²) in [6.45, 7) is 5.24. The molecule has 0 saturated carbocycles. The number of likely N-dealkylation sites (tertiary alicyclic amines) is 1. The molecule has 0 aliphatic carbocycles. The molecule has 0 atom stereocenters. The van der Waals surface area contributed by atoms with Crippen LogP contribution in [0, 0.1) is 0 Å². The number of anilines is 1. The van der Waals surface area contributed by atoms with Crippen LogP contribution in [-0.4, -0.2) is 40.1 Å². The first-order valence-corrected chi connectivity index (χ1v) is 6.72. The molecular formula is C14H21N3O2. The number of nitrogens with zero attached hydrogens (tertiary/aromatic N) is 2. The molecule has 1 amide bonds. The maximum Gasteiger partial charge on any atom is 0.254 e. The molecule has 0 bridgehead atoms. The Morgan fingerprint density at radius 2 is 2.05 bits per heavy atom. The van der Waals surface area contributed by atoms with Gasteiger partial charge >= 0.3 is 0 Å². The molecule has 3 N–H and O–H groups in total. The summed E-state index contributed by atoms with van der Waals surface area (Å²) in [6.07, 6.45) is 1.00. The number of hydrogen-bond donors (Lipinski definition) is 2. The van der Waals surface area contributed by atoms with Crippen molar-refractivity contribution in [1.29, 1.82) is 0 Å². The van der Waals surface area contributed by atoms with Crippen molar-refractivity contribution in [3.05, 3.63) is 23.4 Å². The van der Waals surface area contributed by atoms with Gasteiger partial charge < -0.3 is 15.7 Å². The van der Waals surface area contributed by atoms with Crippen LogP contribution in [0.4, 0.5) is 5.82 Å². The summed E-state index contributed by atoms with van der Waals surface area (Å²) in [6, 6.07) is 3.44. The summed E-state index contributed by atoms with van der Waals surface area (Å²) in [5.41, 5.74) is 7.19. The predicted molar refractivity (Wildman–Crippen MR) is 73.9 cm³/mol. The van der Waals surface area contributed by atoms with Gasteiger partial charge in [0.05, 0.1) is 6.10 Å². The Labute approximate surface area is 113 Å². The molecule has 2 rings (SSSR count). The van der Waals surface area contributed by atoms with E-state index in [9.17, 15) is 9.90 Å². The molecule has 0 unspecified atom stereocenters. The Bertz CT molecular complexity index is 466. The molecule has 0 spiro atoms. The fourth-order valence-corrected chi connectivity index (χ4v) is 2.24. The van der Waals surface area contributed by atoms with E-state index in [0.717, 1.165) is 5.69 Å². The lowest BCUT2D eigenvalue weighted by atomic mass is 10.0. The highest BCUT2D eigenvalue weighted by Gasteiger charge is 2.23. The Balaban J connectivity index is 2.19. The van der Waals surface area contributed by atoms with E-state index < -0.39 is 0 Å². The normalized spacial score (nSPS) is 16.9. The molecule has 1 aliphatic rings. The van der Waals surface area contributed by atoms with Crippen molar-refractivity contribution in [3.8, 4) is 0 Å². The highest BCUT2D eigenvalue weighted by atomic mass is 16.3. The van der Waals surface area contributed by atoms with E-state index in [1.54, 1.807) is 11.0 Å². The molecule has 1 saturated heterocycles. The average Bonchev–Trinajstić information content (AvgIpc) is 2.38. The number of pyridine rings is 1. The fraction of sp³-hybridized carbons (Fsp3) is 0.571. The molecular weight excluding hydrogens is 242 g/mol. The number of aliphatic hydroxyl groups excluding tert-OH is 1.